The average Bonchev–Trinajstić information content (AvgIpc) is 2.46. The van der Waals surface area contributed by atoms with Gasteiger partial charge in [0, 0.05) is 25.7 Å². The molecule has 0 saturated heterocycles. The van der Waals surface area contributed by atoms with Crippen molar-refractivity contribution in [3.8, 4) is 16.9 Å². The number of phenols is 1. The molecule has 0 aliphatic rings. The highest BCUT2D eigenvalue weighted by atomic mass is 16.6. The second-order valence-electron chi connectivity index (χ2n) is 4.74. The first-order chi connectivity index (χ1) is 9.90. The molecule has 0 aliphatic carbocycles. The van der Waals surface area contributed by atoms with Crippen molar-refractivity contribution in [2.24, 2.45) is 0 Å². The van der Waals surface area contributed by atoms with Crippen molar-refractivity contribution in [1.29, 1.82) is 0 Å². The number of nitro groups is 1. The molecule has 0 radical (unpaired) electrons. The first-order valence-corrected chi connectivity index (χ1v) is 6.19. The summed E-state index contributed by atoms with van der Waals surface area (Å²) in [5, 5.41) is 20.3. The Morgan fingerprint density at radius 1 is 1.14 bits per heavy atom. The number of nitrogens with zero attached hydrogens (tertiary/aromatic N) is 2. The lowest BCUT2D eigenvalue weighted by Gasteiger charge is -2.11. The van der Waals surface area contributed by atoms with Crippen molar-refractivity contribution in [2.45, 2.75) is 0 Å². The van der Waals surface area contributed by atoms with Crippen LogP contribution in [0, 0.1) is 10.1 Å². The summed E-state index contributed by atoms with van der Waals surface area (Å²) in [6, 6.07) is 10.9. The van der Waals surface area contributed by atoms with E-state index in [4.69, 9.17) is 0 Å². The minimum Gasteiger partial charge on any atom is -0.502 e. The van der Waals surface area contributed by atoms with Gasteiger partial charge < -0.3 is 10.0 Å². The maximum atomic E-state index is 11.9. The normalized spacial score (nSPS) is 10.2. The molecule has 21 heavy (non-hydrogen) atoms. The fourth-order valence-corrected chi connectivity index (χ4v) is 1.94. The molecule has 0 spiro atoms. The molecule has 2 aromatic rings. The minimum absolute atomic E-state index is 0.148. The summed E-state index contributed by atoms with van der Waals surface area (Å²) < 4.78 is 0. The number of rotatable bonds is 3. The third-order valence-electron chi connectivity index (χ3n) is 3.02. The lowest BCUT2D eigenvalue weighted by Crippen LogP contribution is -2.21. The number of benzene rings is 2. The number of amides is 1. The highest BCUT2D eigenvalue weighted by molar-refractivity contribution is 5.95. The molecule has 0 bridgehead atoms. The molecule has 0 aromatic heterocycles. The lowest BCUT2D eigenvalue weighted by molar-refractivity contribution is -0.385. The SMILES string of the molecule is CN(C)C(=O)c1cccc(-c2ccc(O)c([N+](=O)[O-])c2)c1. The third-order valence-corrected chi connectivity index (χ3v) is 3.02. The summed E-state index contributed by atoms with van der Waals surface area (Å²) in [4.78, 5) is 23.6. The molecule has 0 aliphatic heterocycles. The Morgan fingerprint density at radius 2 is 1.81 bits per heavy atom. The van der Waals surface area contributed by atoms with Gasteiger partial charge in [-0.25, -0.2) is 0 Å². The molecule has 0 heterocycles. The molecule has 0 fully saturated rings. The van der Waals surface area contributed by atoms with Crippen LogP contribution in [0.2, 0.25) is 0 Å². The predicted molar refractivity (Wildman–Crippen MR) is 78.2 cm³/mol. The van der Waals surface area contributed by atoms with Gasteiger partial charge in [-0.05, 0) is 29.3 Å². The smallest absolute Gasteiger partial charge is 0.311 e. The summed E-state index contributed by atoms with van der Waals surface area (Å²) in [5.41, 5.74) is 1.36. The molecule has 1 amide bonds. The van der Waals surface area contributed by atoms with Gasteiger partial charge in [-0.2, -0.15) is 0 Å². The van der Waals surface area contributed by atoms with Gasteiger partial charge in [0.05, 0.1) is 4.92 Å². The number of carbonyl (C=O) groups excluding carboxylic acids is 1. The molecule has 6 heteroatoms. The van der Waals surface area contributed by atoms with Crippen molar-refractivity contribution in [3.63, 3.8) is 0 Å². The summed E-state index contributed by atoms with van der Waals surface area (Å²) in [6.45, 7) is 0. The number of phenolic OH excluding ortho intramolecular Hbond substituents is 1. The van der Waals surface area contributed by atoms with Gasteiger partial charge in [-0.15, -0.1) is 0 Å². The van der Waals surface area contributed by atoms with Crippen LogP contribution in [-0.2, 0) is 0 Å². The first kappa shape index (κ1) is 14.5. The number of hydrogen-bond donors (Lipinski definition) is 1. The van der Waals surface area contributed by atoms with E-state index in [0.717, 1.165) is 0 Å². The topological polar surface area (TPSA) is 83.7 Å². The van der Waals surface area contributed by atoms with Crippen LogP contribution in [0.4, 0.5) is 5.69 Å². The van der Waals surface area contributed by atoms with Crippen molar-refractivity contribution in [2.75, 3.05) is 14.1 Å². The second-order valence-corrected chi connectivity index (χ2v) is 4.74. The maximum absolute atomic E-state index is 11.9. The average molecular weight is 286 g/mol. The Bertz CT molecular complexity index is 711. The maximum Gasteiger partial charge on any atom is 0.311 e. The Hall–Kier alpha value is -2.89. The van der Waals surface area contributed by atoms with Crippen LogP contribution >= 0.6 is 0 Å². The van der Waals surface area contributed by atoms with Gasteiger partial charge in [0.25, 0.3) is 5.91 Å². The number of hydrogen-bond acceptors (Lipinski definition) is 4. The van der Waals surface area contributed by atoms with E-state index >= 15 is 0 Å². The van der Waals surface area contributed by atoms with Crippen LogP contribution in [0.1, 0.15) is 10.4 Å². The molecule has 6 nitrogen and oxygen atoms in total. The molecule has 0 saturated carbocycles. The van der Waals surface area contributed by atoms with Crippen molar-refractivity contribution < 1.29 is 14.8 Å². The van der Waals surface area contributed by atoms with Crippen LogP contribution in [0.5, 0.6) is 5.75 Å². The highest BCUT2D eigenvalue weighted by Gasteiger charge is 2.15. The van der Waals surface area contributed by atoms with Gasteiger partial charge in [-0.1, -0.05) is 18.2 Å². The Kier molecular flexibility index (Phi) is 3.89. The predicted octanol–water partition coefficient (Wildman–Crippen LogP) is 2.67. The Balaban J connectivity index is 2.48. The van der Waals surface area contributed by atoms with E-state index in [1.807, 2.05) is 0 Å². The standard InChI is InChI=1S/C15H14N2O4/c1-16(2)15(19)12-5-3-4-10(8-12)11-6-7-14(18)13(9-11)17(20)21/h3-9,18H,1-2H3. The zero-order valence-electron chi connectivity index (χ0n) is 11.6. The fraction of sp³-hybridized carbons (Fsp3) is 0.133. The molecule has 2 rings (SSSR count). The molecular weight excluding hydrogens is 272 g/mol. The zero-order valence-corrected chi connectivity index (χ0v) is 11.6. The largest absolute Gasteiger partial charge is 0.502 e. The van der Waals surface area contributed by atoms with Gasteiger partial charge in [0.1, 0.15) is 0 Å². The molecule has 0 atom stereocenters. The van der Waals surface area contributed by atoms with E-state index in [9.17, 15) is 20.0 Å². The molecule has 1 N–H and O–H groups in total. The van der Waals surface area contributed by atoms with E-state index in [1.165, 1.54) is 17.0 Å². The van der Waals surface area contributed by atoms with Crippen LogP contribution in [0.25, 0.3) is 11.1 Å². The van der Waals surface area contributed by atoms with Crippen molar-refractivity contribution >= 4 is 11.6 Å². The monoisotopic (exact) mass is 286 g/mol. The fourth-order valence-electron chi connectivity index (χ4n) is 1.94. The van der Waals surface area contributed by atoms with E-state index in [0.29, 0.717) is 16.7 Å². The van der Waals surface area contributed by atoms with Gasteiger partial charge in [0.15, 0.2) is 5.75 Å². The molecule has 108 valence electrons. The van der Waals surface area contributed by atoms with E-state index < -0.39 is 4.92 Å². The second kappa shape index (κ2) is 5.62. The van der Waals surface area contributed by atoms with Crippen LogP contribution in [0.15, 0.2) is 42.5 Å². The first-order valence-electron chi connectivity index (χ1n) is 6.19. The Morgan fingerprint density at radius 3 is 2.43 bits per heavy atom. The number of nitro benzene ring substituents is 1. The van der Waals surface area contributed by atoms with E-state index in [-0.39, 0.29) is 17.3 Å². The van der Waals surface area contributed by atoms with Gasteiger partial charge >= 0.3 is 5.69 Å². The highest BCUT2D eigenvalue weighted by Crippen LogP contribution is 2.31. The van der Waals surface area contributed by atoms with Crippen LogP contribution in [-0.4, -0.2) is 34.9 Å². The molecular formula is C15H14N2O4. The summed E-state index contributed by atoms with van der Waals surface area (Å²) in [7, 11) is 3.31. The summed E-state index contributed by atoms with van der Waals surface area (Å²) in [6.07, 6.45) is 0. The van der Waals surface area contributed by atoms with Crippen LogP contribution < -0.4 is 0 Å². The van der Waals surface area contributed by atoms with Crippen molar-refractivity contribution in [1.82, 2.24) is 4.90 Å². The van der Waals surface area contributed by atoms with Gasteiger partial charge in [-0.3, -0.25) is 14.9 Å². The van der Waals surface area contributed by atoms with Crippen molar-refractivity contribution in [3.05, 3.63) is 58.1 Å². The number of aromatic hydroxyl groups is 1. The summed E-state index contributed by atoms with van der Waals surface area (Å²) >= 11 is 0. The van der Waals surface area contributed by atoms with Crippen LogP contribution in [0.3, 0.4) is 0 Å². The third kappa shape index (κ3) is 3.00. The minimum atomic E-state index is -0.645. The van der Waals surface area contributed by atoms with E-state index in [2.05, 4.69) is 0 Å². The zero-order chi connectivity index (χ0) is 15.6. The number of carbonyl (C=O) groups is 1. The molecule has 0 unspecified atom stereocenters. The van der Waals surface area contributed by atoms with E-state index in [1.54, 1.807) is 44.4 Å². The molecule has 2 aromatic carbocycles. The summed E-state index contributed by atoms with van der Waals surface area (Å²) in [5.74, 6) is -0.533. The Labute approximate surface area is 121 Å². The lowest BCUT2D eigenvalue weighted by atomic mass is 10.0. The van der Waals surface area contributed by atoms with Gasteiger partial charge in [0.2, 0.25) is 0 Å². The quantitative estimate of drug-likeness (QED) is 0.694.